The van der Waals surface area contributed by atoms with Gasteiger partial charge in [-0.1, -0.05) is 41.5 Å². The zero-order valence-corrected chi connectivity index (χ0v) is 13.1. The van der Waals surface area contributed by atoms with Crippen molar-refractivity contribution < 1.29 is 9.22 Å². The van der Waals surface area contributed by atoms with Crippen LogP contribution in [0.4, 0.5) is 0 Å². The zero-order valence-electron chi connectivity index (χ0n) is 12.1. The van der Waals surface area contributed by atoms with E-state index in [4.69, 9.17) is 4.43 Å². The van der Waals surface area contributed by atoms with Gasteiger partial charge in [-0.2, -0.15) is 0 Å². The standard InChI is InChI=1S/C13H28O2Si/c1-10(2)12(11(3)9-14)15-16(7,8)13(4,5)6/h9-12H,1-8H3/t11-,12+/m0/s1. The molecule has 0 unspecified atom stereocenters. The lowest BCUT2D eigenvalue weighted by atomic mass is 9.96. The predicted molar refractivity (Wildman–Crippen MR) is 72.1 cm³/mol. The molecule has 0 aliphatic heterocycles. The van der Waals surface area contributed by atoms with Crippen LogP contribution in [-0.2, 0) is 9.22 Å². The first kappa shape index (κ1) is 15.8. The van der Waals surface area contributed by atoms with Crippen molar-refractivity contribution in [1.29, 1.82) is 0 Å². The quantitative estimate of drug-likeness (QED) is 0.542. The molecule has 0 aliphatic rings. The molecule has 0 saturated carbocycles. The van der Waals surface area contributed by atoms with Crippen LogP contribution in [0.2, 0.25) is 18.1 Å². The Kier molecular flexibility index (Phi) is 5.40. The molecule has 0 rings (SSSR count). The molecule has 0 spiro atoms. The summed E-state index contributed by atoms with van der Waals surface area (Å²) in [5, 5.41) is 0.197. The normalized spacial score (nSPS) is 17.3. The SMILES string of the molecule is CC(C)[C@@H](O[Si](C)(C)C(C)(C)C)[C@@H](C)C=O. The van der Waals surface area contributed by atoms with E-state index in [1.54, 1.807) is 0 Å². The van der Waals surface area contributed by atoms with Crippen molar-refractivity contribution in [3.05, 3.63) is 0 Å². The Bertz CT molecular complexity index is 229. The Morgan fingerprint density at radius 2 is 1.56 bits per heavy atom. The number of hydrogen-bond donors (Lipinski definition) is 0. The molecule has 0 aromatic rings. The van der Waals surface area contributed by atoms with Crippen molar-refractivity contribution >= 4 is 14.6 Å². The molecular formula is C13H28O2Si. The smallest absolute Gasteiger partial charge is 0.192 e. The van der Waals surface area contributed by atoms with E-state index in [0.29, 0.717) is 5.92 Å². The first-order chi connectivity index (χ1) is 7.03. The second-order valence-electron chi connectivity index (χ2n) is 6.58. The van der Waals surface area contributed by atoms with E-state index in [0.717, 1.165) is 6.29 Å². The number of carbonyl (C=O) groups is 1. The Morgan fingerprint density at radius 3 is 1.81 bits per heavy atom. The molecule has 0 heterocycles. The van der Waals surface area contributed by atoms with E-state index in [9.17, 15) is 4.79 Å². The highest BCUT2D eigenvalue weighted by Gasteiger charge is 2.40. The first-order valence-electron chi connectivity index (χ1n) is 6.16. The highest BCUT2D eigenvalue weighted by atomic mass is 28.4. The number of aldehydes is 1. The van der Waals surface area contributed by atoms with Gasteiger partial charge in [-0.15, -0.1) is 0 Å². The van der Waals surface area contributed by atoms with Gasteiger partial charge < -0.3 is 9.22 Å². The summed E-state index contributed by atoms with van der Waals surface area (Å²) in [6.45, 7) is 17.3. The fraction of sp³-hybridized carbons (Fsp3) is 0.923. The van der Waals surface area contributed by atoms with Gasteiger partial charge in [0.2, 0.25) is 0 Å². The van der Waals surface area contributed by atoms with Crippen LogP contribution in [0, 0.1) is 11.8 Å². The molecule has 0 N–H and O–H groups in total. The highest BCUT2D eigenvalue weighted by Crippen LogP contribution is 2.38. The third-order valence-corrected chi connectivity index (χ3v) is 8.10. The van der Waals surface area contributed by atoms with E-state index < -0.39 is 8.32 Å². The Hall–Kier alpha value is -0.153. The van der Waals surface area contributed by atoms with E-state index in [-0.39, 0.29) is 17.1 Å². The molecule has 0 radical (unpaired) electrons. The monoisotopic (exact) mass is 244 g/mol. The van der Waals surface area contributed by atoms with Crippen molar-refractivity contribution in [3.63, 3.8) is 0 Å². The van der Waals surface area contributed by atoms with Crippen molar-refractivity contribution in [1.82, 2.24) is 0 Å². The van der Waals surface area contributed by atoms with E-state index >= 15 is 0 Å². The van der Waals surface area contributed by atoms with Gasteiger partial charge in [0.15, 0.2) is 8.32 Å². The molecule has 16 heavy (non-hydrogen) atoms. The van der Waals surface area contributed by atoms with Gasteiger partial charge in [-0.3, -0.25) is 0 Å². The fourth-order valence-electron chi connectivity index (χ4n) is 1.44. The molecule has 0 bridgehead atoms. The van der Waals surface area contributed by atoms with Gasteiger partial charge in [-0.25, -0.2) is 0 Å². The van der Waals surface area contributed by atoms with Crippen LogP contribution in [-0.4, -0.2) is 20.7 Å². The minimum atomic E-state index is -1.77. The van der Waals surface area contributed by atoms with Gasteiger partial charge in [-0.05, 0) is 24.1 Å². The molecular weight excluding hydrogens is 216 g/mol. The third kappa shape index (κ3) is 4.02. The molecule has 0 amide bonds. The maximum absolute atomic E-state index is 10.9. The molecule has 96 valence electrons. The maximum atomic E-state index is 10.9. The minimum Gasteiger partial charge on any atom is -0.413 e. The lowest BCUT2D eigenvalue weighted by molar-refractivity contribution is -0.114. The Morgan fingerprint density at radius 1 is 1.12 bits per heavy atom. The van der Waals surface area contributed by atoms with E-state index in [2.05, 4.69) is 47.7 Å². The third-order valence-electron chi connectivity index (χ3n) is 3.63. The van der Waals surface area contributed by atoms with Gasteiger partial charge in [0.25, 0.3) is 0 Å². The summed E-state index contributed by atoms with van der Waals surface area (Å²) in [5.74, 6) is 0.364. The van der Waals surface area contributed by atoms with Gasteiger partial charge >= 0.3 is 0 Å². The average Bonchev–Trinajstić information content (AvgIpc) is 2.10. The maximum Gasteiger partial charge on any atom is 0.192 e. The molecule has 0 aliphatic carbocycles. The Balaban J connectivity index is 4.83. The highest BCUT2D eigenvalue weighted by molar-refractivity contribution is 6.74. The predicted octanol–water partition coefficient (Wildman–Crippen LogP) is 3.87. The molecule has 2 nitrogen and oxygen atoms in total. The fourth-order valence-corrected chi connectivity index (χ4v) is 2.97. The van der Waals surface area contributed by atoms with Crippen LogP contribution < -0.4 is 0 Å². The van der Waals surface area contributed by atoms with Crippen molar-refractivity contribution in [3.8, 4) is 0 Å². The summed E-state index contributed by atoms with van der Waals surface area (Å²) in [6, 6.07) is 0. The second kappa shape index (κ2) is 5.45. The molecule has 0 saturated heterocycles. The topological polar surface area (TPSA) is 26.3 Å². The summed E-state index contributed by atoms with van der Waals surface area (Å²) in [7, 11) is -1.77. The van der Waals surface area contributed by atoms with E-state index in [1.807, 2.05) is 6.92 Å². The largest absolute Gasteiger partial charge is 0.413 e. The molecule has 3 heteroatoms. The molecule has 0 aromatic heterocycles. The van der Waals surface area contributed by atoms with Gasteiger partial charge in [0, 0.05) is 5.92 Å². The van der Waals surface area contributed by atoms with Crippen molar-refractivity contribution in [2.75, 3.05) is 0 Å². The summed E-state index contributed by atoms with van der Waals surface area (Å²) >= 11 is 0. The van der Waals surface area contributed by atoms with Crippen LogP contribution in [0.25, 0.3) is 0 Å². The summed E-state index contributed by atoms with van der Waals surface area (Å²) in [4.78, 5) is 10.9. The van der Waals surface area contributed by atoms with Gasteiger partial charge in [0.1, 0.15) is 6.29 Å². The zero-order chi connectivity index (χ0) is 13.1. The van der Waals surface area contributed by atoms with E-state index in [1.165, 1.54) is 0 Å². The first-order valence-corrected chi connectivity index (χ1v) is 9.07. The molecule has 2 atom stereocenters. The van der Waals surface area contributed by atoms with Crippen molar-refractivity contribution in [2.24, 2.45) is 11.8 Å². The lowest BCUT2D eigenvalue weighted by Gasteiger charge is -2.41. The average molecular weight is 244 g/mol. The summed E-state index contributed by atoms with van der Waals surface area (Å²) in [6.07, 6.45) is 1.07. The summed E-state index contributed by atoms with van der Waals surface area (Å²) in [5.41, 5.74) is 0. The molecule has 0 fully saturated rings. The van der Waals surface area contributed by atoms with Crippen molar-refractivity contribution in [2.45, 2.75) is 65.8 Å². The van der Waals surface area contributed by atoms with Gasteiger partial charge in [0.05, 0.1) is 6.10 Å². The molecule has 0 aromatic carbocycles. The number of rotatable bonds is 5. The van der Waals surface area contributed by atoms with Crippen LogP contribution in [0.3, 0.4) is 0 Å². The Labute approximate surface area is 102 Å². The minimum absolute atomic E-state index is 0.0193. The number of hydrogen-bond acceptors (Lipinski definition) is 2. The second-order valence-corrected chi connectivity index (χ2v) is 11.3. The van der Waals surface area contributed by atoms with Crippen LogP contribution >= 0.6 is 0 Å². The lowest BCUT2D eigenvalue weighted by Crippen LogP contribution is -2.47. The summed E-state index contributed by atoms with van der Waals surface area (Å²) < 4.78 is 6.32. The van der Waals surface area contributed by atoms with Crippen LogP contribution in [0.1, 0.15) is 41.5 Å². The number of carbonyl (C=O) groups excluding carboxylic acids is 1. The van der Waals surface area contributed by atoms with Crippen LogP contribution in [0.5, 0.6) is 0 Å². The van der Waals surface area contributed by atoms with Crippen LogP contribution in [0.15, 0.2) is 0 Å².